The molecule has 1 aliphatic rings. The van der Waals surface area contributed by atoms with E-state index < -0.39 is 29.3 Å². The van der Waals surface area contributed by atoms with Crippen LogP contribution in [0.4, 0.5) is 17.1 Å². The van der Waals surface area contributed by atoms with Gasteiger partial charge in [0.05, 0.1) is 16.5 Å². The molecule has 2 aromatic carbocycles. The van der Waals surface area contributed by atoms with E-state index in [0.717, 1.165) is 0 Å². The van der Waals surface area contributed by atoms with E-state index in [2.05, 4.69) is 5.32 Å². The molecule has 0 radical (unpaired) electrons. The summed E-state index contributed by atoms with van der Waals surface area (Å²) < 4.78 is 5.03. The third-order valence-corrected chi connectivity index (χ3v) is 4.85. The number of esters is 1. The van der Waals surface area contributed by atoms with Crippen molar-refractivity contribution in [2.24, 2.45) is 5.92 Å². The lowest BCUT2D eigenvalue weighted by atomic mass is 10.1. The Labute approximate surface area is 176 Å². The zero-order valence-electron chi connectivity index (χ0n) is 16.0. The molecule has 3 rings (SSSR count). The van der Waals surface area contributed by atoms with E-state index in [1.807, 2.05) is 0 Å². The number of halogens is 1. The van der Waals surface area contributed by atoms with Gasteiger partial charge in [-0.25, -0.2) is 0 Å². The van der Waals surface area contributed by atoms with Gasteiger partial charge in [0.25, 0.3) is 11.6 Å². The second kappa shape index (κ2) is 8.91. The number of carbonyl (C=O) groups is 3. The summed E-state index contributed by atoms with van der Waals surface area (Å²) in [5, 5.41) is 14.1. The number of hydrogen-bond acceptors (Lipinski definition) is 6. The first kappa shape index (κ1) is 21.3. The highest BCUT2D eigenvalue weighted by molar-refractivity contribution is 6.30. The second-order valence-electron chi connectivity index (χ2n) is 6.80. The van der Waals surface area contributed by atoms with E-state index in [4.69, 9.17) is 16.3 Å². The van der Waals surface area contributed by atoms with Gasteiger partial charge in [-0.15, -0.1) is 0 Å². The minimum atomic E-state index is -0.767. The summed E-state index contributed by atoms with van der Waals surface area (Å²) in [4.78, 5) is 48.5. The Hall–Kier alpha value is -3.46. The van der Waals surface area contributed by atoms with Crippen LogP contribution in [0.25, 0.3) is 0 Å². The molecule has 0 aliphatic carbocycles. The molecule has 0 saturated carbocycles. The summed E-state index contributed by atoms with van der Waals surface area (Å²) in [5.41, 5.74) is 1.17. The van der Waals surface area contributed by atoms with Crippen molar-refractivity contribution in [2.45, 2.75) is 13.3 Å². The van der Waals surface area contributed by atoms with E-state index in [9.17, 15) is 24.5 Å². The number of hydrogen-bond donors (Lipinski definition) is 1. The van der Waals surface area contributed by atoms with Crippen LogP contribution in [0.15, 0.2) is 42.5 Å². The molecule has 1 saturated heterocycles. The van der Waals surface area contributed by atoms with E-state index in [0.29, 0.717) is 22.0 Å². The predicted octanol–water partition coefficient (Wildman–Crippen LogP) is 3.09. The summed E-state index contributed by atoms with van der Waals surface area (Å²) in [6.45, 7) is 1.11. The van der Waals surface area contributed by atoms with Gasteiger partial charge in [0.2, 0.25) is 5.91 Å². The number of nitro benzene ring substituents is 1. The molecule has 0 unspecified atom stereocenters. The Morgan fingerprint density at radius 1 is 1.30 bits per heavy atom. The molecule has 1 atom stereocenters. The van der Waals surface area contributed by atoms with E-state index in [-0.39, 0.29) is 24.6 Å². The van der Waals surface area contributed by atoms with Crippen LogP contribution in [-0.4, -0.2) is 35.9 Å². The molecular formula is C20H18ClN3O6. The normalized spacial score (nSPS) is 15.7. The topological polar surface area (TPSA) is 119 Å². The Kier molecular flexibility index (Phi) is 6.31. The zero-order chi connectivity index (χ0) is 21.8. The number of ether oxygens (including phenoxy) is 1. The van der Waals surface area contributed by atoms with Crippen LogP contribution >= 0.6 is 11.6 Å². The molecule has 1 fully saturated rings. The molecule has 156 valence electrons. The van der Waals surface area contributed by atoms with Crippen molar-refractivity contribution in [3.8, 4) is 0 Å². The maximum absolute atomic E-state index is 12.3. The first-order chi connectivity index (χ1) is 14.2. The number of anilines is 2. The molecule has 0 bridgehead atoms. The number of nitro groups is 1. The van der Waals surface area contributed by atoms with Crippen LogP contribution in [0.5, 0.6) is 0 Å². The van der Waals surface area contributed by atoms with Crippen LogP contribution in [0.3, 0.4) is 0 Å². The number of nitrogens with one attached hydrogen (secondary N) is 1. The Bertz CT molecular complexity index is 1030. The third kappa shape index (κ3) is 4.93. The van der Waals surface area contributed by atoms with Crippen molar-refractivity contribution in [1.82, 2.24) is 0 Å². The predicted molar refractivity (Wildman–Crippen MR) is 109 cm³/mol. The molecule has 10 heteroatoms. The van der Waals surface area contributed by atoms with Gasteiger partial charge >= 0.3 is 5.97 Å². The number of amides is 2. The number of benzene rings is 2. The quantitative estimate of drug-likeness (QED) is 0.426. The van der Waals surface area contributed by atoms with E-state index in [1.54, 1.807) is 43.3 Å². The van der Waals surface area contributed by atoms with Gasteiger partial charge in [0.15, 0.2) is 6.61 Å². The molecule has 0 spiro atoms. The average Bonchev–Trinajstić information content (AvgIpc) is 3.08. The lowest BCUT2D eigenvalue weighted by Crippen LogP contribution is -2.28. The molecule has 30 heavy (non-hydrogen) atoms. The van der Waals surface area contributed by atoms with Crippen molar-refractivity contribution in [3.05, 3.63) is 63.2 Å². The monoisotopic (exact) mass is 431 g/mol. The summed E-state index contributed by atoms with van der Waals surface area (Å²) in [7, 11) is 0. The van der Waals surface area contributed by atoms with Crippen LogP contribution in [0.2, 0.25) is 5.02 Å². The smallest absolute Gasteiger partial charge is 0.311 e. The molecule has 1 aliphatic heterocycles. The van der Waals surface area contributed by atoms with Gasteiger partial charge in [-0.1, -0.05) is 23.7 Å². The Balaban J connectivity index is 1.58. The highest BCUT2D eigenvalue weighted by Crippen LogP contribution is 2.30. The Morgan fingerprint density at radius 3 is 2.77 bits per heavy atom. The summed E-state index contributed by atoms with van der Waals surface area (Å²) in [6, 6.07) is 11.0. The summed E-state index contributed by atoms with van der Waals surface area (Å²) >= 11 is 5.84. The highest BCUT2D eigenvalue weighted by Gasteiger charge is 2.37. The molecule has 2 amide bonds. The standard InChI is InChI=1S/C20H18ClN3O6/c1-12-5-6-16(9-17(12)24(28)29)23-10-13(7-19(23)26)20(27)30-11-18(25)22-15-4-2-3-14(21)8-15/h2-6,8-9,13H,7,10-11H2,1H3,(H,22,25)/t13-/m1/s1. The van der Waals surface area contributed by atoms with Gasteiger partial charge < -0.3 is 15.0 Å². The van der Waals surface area contributed by atoms with Crippen LogP contribution in [0.1, 0.15) is 12.0 Å². The molecule has 9 nitrogen and oxygen atoms in total. The molecular weight excluding hydrogens is 414 g/mol. The largest absolute Gasteiger partial charge is 0.455 e. The van der Waals surface area contributed by atoms with Crippen LogP contribution < -0.4 is 10.2 Å². The maximum Gasteiger partial charge on any atom is 0.311 e. The fourth-order valence-electron chi connectivity index (χ4n) is 3.10. The number of rotatable bonds is 6. The van der Waals surface area contributed by atoms with Gasteiger partial charge in [-0.05, 0) is 31.2 Å². The summed E-state index contributed by atoms with van der Waals surface area (Å²) in [5.74, 6) is -2.34. The van der Waals surface area contributed by atoms with Crippen molar-refractivity contribution in [2.75, 3.05) is 23.4 Å². The van der Waals surface area contributed by atoms with Crippen molar-refractivity contribution in [3.63, 3.8) is 0 Å². The molecule has 2 aromatic rings. The molecule has 1 N–H and O–H groups in total. The van der Waals surface area contributed by atoms with Crippen molar-refractivity contribution < 1.29 is 24.0 Å². The first-order valence-corrected chi connectivity index (χ1v) is 9.40. The molecule has 0 aromatic heterocycles. The number of aryl methyl sites for hydroxylation is 1. The number of nitrogens with zero attached hydrogens (tertiary/aromatic N) is 2. The van der Waals surface area contributed by atoms with Crippen LogP contribution in [-0.2, 0) is 19.1 Å². The SMILES string of the molecule is Cc1ccc(N2C[C@H](C(=O)OCC(=O)Nc3cccc(Cl)c3)CC2=O)cc1[N+](=O)[O-]. The fourth-order valence-corrected chi connectivity index (χ4v) is 3.29. The third-order valence-electron chi connectivity index (χ3n) is 4.61. The highest BCUT2D eigenvalue weighted by atomic mass is 35.5. The lowest BCUT2D eigenvalue weighted by Gasteiger charge is -2.16. The molecule has 1 heterocycles. The maximum atomic E-state index is 12.3. The Morgan fingerprint density at radius 2 is 2.07 bits per heavy atom. The lowest BCUT2D eigenvalue weighted by molar-refractivity contribution is -0.385. The minimum Gasteiger partial charge on any atom is -0.455 e. The van der Waals surface area contributed by atoms with Gasteiger partial charge in [-0.2, -0.15) is 0 Å². The number of carbonyl (C=O) groups excluding carboxylic acids is 3. The summed E-state index contributed by atoms with van der Waals surface area (Å²) in [6.07, 6.45) is -0.101. The van der Waals surface area contributed by atoms with Crippen molar-refractivity contribution in [1.29, 1.82) is 0 Å². The average molecular weight is 432 g/mol. The minimum absolute atomic E-state index is 0.0216. The van der Waals surface area contributed by atoms with Gasteiger partial charge in [0, 0.05) is 35.3 Å². The van der Waals surface area contributed by atoms with Gasteiger partial charge in [-0.3, -0.25) is 24.5 Å². The van der Waals surface area contributed by atoms with E-state index in [1.165, 1.54) is 11.0 Å². The van der Waals surface area contributed by atoms with E-state index >= 15 is 0 Å². The van der Waals surface area contributed by atoms with Gasteiger partial charge in [0.1, 0.15) is 0 Å². The zero-order valence-corrected chi connectivity index (χ0v) is 16.7. The van der Waals surface area contributed by atoms with Crippen LogP contribution in [0, 0.1) is 23.0 Å². The fraction of sp³-hybridized carbons (Fsp3) is 0.250. The first-order valence-electron chi connectivity index (χ1n) is 9.02. The second-order valence-corrected chi connectivity index (χ2v) is 7.24. The van der Waals surface area contributed by atoms with Crippen molar-refractivity contribution >= 4 is 46.4 Å².